The lowest BCUT2D eigenvalue weighted by molar-refractivity contribution is -0.915. The molecule has 1 saturated heterocycles. The van der Waals surface area contributed by atoms with Gasteiger partial charge in [0.2, 0.25) is 5.91 Å². The number of aryl methyl sites for hydroxylation is 2. The first-order valence-electron chi connectivity index (χ1n) is 9.47. The number of hydrogen-bond acceptors (Lipinski definition) is 2. The highest BCUT2D eigenvalue weighted by Gasteiger charge is 2.25. The minimum absolute atomic E-state index is 0.0181. The number of anilines is 1. The molecule has 5 nitrogen and oxygen atoms in total. The maximum Gasteiger partial charge on any atom is 0.278 e. The molecule has 1 aromatic carbocycles. The maximum atomic E-state index is 12.4. The van der Waals surface area contributed by atoms with Crippen molar-refractivity contribution in [2.24, 2.45) is 0 Å². The Balaban J connectivity index is 1.82. The van der Waals surface area contributed by atoms with Gasteiger partial charge in [-0.1, -0.05) is 24.6 Å². The minimum atomic E-state index is -0.180. The van der Waals surface area contributed by atoms with Crippen LogP contribution in [-0.4, -0.2) is 37.5 Å². The summed E-state index contributed by atoms with van der Waals surface area (Å²) in [6.45, 7) is 8.01. The second-order valence-electron chi connectivity index (χ2n) is 7.18. The summed E-state index contributed by atoms with van der Waals surface area (Å²) in [4.78, 5) is 25.9. The van der Waals surface area contributed by atoms with Gasteiger partial charge in [-0.05, 0) is 57.6 Å². The molecule has 1 atom stereocenters. The molecule has 1 aromatic rings. The average molecular weight is 346 g/mol. The van der Waals surface area contributed by atoms with Crippen LogP contribution in [0, 0.1) is 13.8 Å². The van der Waals surface area contributed by atoms with Gasteiger partial charge in [0.05, 0.1) is 19.6 Å². The van der Waals surface area contributed by atoms with Crippen molar-refractivity contribution in [2.45, 2.75) is 58.9 Å². The number of likely N-dealkylation sites (tertiary alicyclic amines) is 1. The molecule has 5 heteroatoms. The zero-order valence-electron chi connectivity index (χ0n) is 15.8. The van der Waals surface area contributed by atoms with Gasteiger partial charge in [-0.15, -0.1) is 0 Å². The van der Waals surface area contributed by atoms with Crippen molar-refractivity contribution in [3.63, 3.8) is 0 Å². The predicted octanol–water partition coefficient (Wildman–Crippen LogP) is 1.60. The number of carbonyl (C=O) groups is 2. The van der Waals surface area contributed by atoms with Gasteiger partial charge in [0.1, 0.15) is 0 Å². The number of hydrogen-bond donors (Lipinski definition) is 3. The third-order valence-corrected chi connectivity index (χ3v) is 5.17. The number of nitrogens with one attached hydrogen (secondary N) is 3. The van der Waals surface area contributed by atoms with E-state index in [9.17, 15) is 9.59 Å². The zero-order valence-corrected chi connectivity index (χ0v) is 15.8. The molecule has 0 saturated carbocycles. The molecule has 1 heterocycles. The van der Waals surface area contributed by atoms with Crippen molar-refractivity contribution in [3.05, 3.63) is 29.3 Å². The van der Waals surface area contributed by atoms with Crippen LogP contribution in [0.25, 0.3) is 0 Å². The molecule has 0 unspecified atom stereocenters. The predicted molar refractivity (Wildman–Crippen MR) is 101 cm³/mol. The third kappa shape index (κ3) is 5.85. The highest BCUT2D eigenvalue weighted by molar-refractivity contribution is 5.96. The monoisotopic (exact) mass is 346 g/mol. The highest BCUT2D eigenvalue weighted by Crippen LogP contribution is 2.18. The number of rotatable bonds is 5. The summed E-state index contributed by atoms with van der Waals surface area (Å²) in [5, 5.41) is 5.71. The fraction of sp³-hybridized carbons (Fsp3) is 0.600. The molecule has 138 valence electrons. The lowest BCUT2D eigenvalue weighted by atomic mass is 10.1. The lowest BCUT2D eigenvalue weighted by Gasteiger charge is -2.26. The molecule has 1 fully saturated rings. The highest BCUT2D eigenvalue weighted by atomic mass is 16.2. The first kappa shape index (κ1) is 19.4. The van der Waals surface area contributed by atoms with Gasteiger partial charge in [0.25, 0.3) is 5.91 Å². The molecule has 0 aromatic heterocycles. The fourth-order valence-electron chi connectivity index (χ4n) is 3.49. The second kappa shape index (κ2) is 9.56. The van der Waals surface area contributed by atoms with Crippen LogP contribution in [0.1, 0.15) is 50.2 Å². The number of quaternary nitrogens is 1. The van der Waals surface area contributed by atoms with Gasteiger partial charge in [0.15, 0.2) is 6.04 Å². The van der Waals surface area contributed by atoms with E-state index in [4.69, 9.17) is 0 Å². The van der Waals surface area contributed by atoms with Crippen molar-refractivity contribution >= 4 is 17.5 Å². The zero-order chi connectivity index (χ0) is 18.2. The average Bonchev–Trinajstić information content (AvgIpc) is 2.55. The molecule has 2 amide bonds. The van der Waals surface area contributed by atoms with Crippen LogP contribution < -0.4 is 15.5 Å². The van der Waals surface area contributed by atoms with Crippen LogP contribution in [0.3, 0.4) is 0 Å². The van der Waals surface area contributed by atoms with Gasteiger partial charge in [0, 0.05) is 5.69 Å². The Morgan fingerprint density at radius 1 is 1.04 bits per heavy atom. The molecule has 25 heavy (non-hydrogen) atoms. The minimum Gasteiger partial charge on any atom is -0.342 e. The summed E-state index contributed by atoms with van der Waals surface area (Å²) >= 11 is 0. The van der Waals surface area contributed by atoms with Crippen LogP contribution in [0.15, 0.2) is 18.2 Å². The van der Waals surface area contributed by atoms with Crippen molar-refractivity contribution in [3.8, 4) is 0 Å². The first-order valence-corrected chi connectivity index (χ1v) is 9.47. The Bertz CT molecular complexity index is 572. The fourth-order valence-corrected chi connectivity index (χ4v) is 3.49. The van der Waals surface area contributed by atoms with Crippen molar-refractivity contribution < 1.29 is 14.5 Å². The van der Waals surface area contributed by atoms with Crippen LogP contribution in [0.4, 0.5) is 5.69 Å². The summed E-state index contributed by atoms with van der Waals surface area (Å²) in [7, 11) is 0. The molecule has 3 N–H and O–H groups in total. The molecule has 0 bridgehead atoms. The number of carbonyl (C=O) groups excluding carboxylic acids is 2. The van der Waals surface area contributed by atoms with E-state index in [0.717, 1.165) is 29.9 Å². The van der Waals surface area contributed by atoms with Gasteiger partial charge < -0.3 is 15.5 Å². The van der Waals surface area contributed by atoms with E-state index in [-0.39, 0.29) is 24.4 Å². The van der Waals surface area contributed by atoms with Crippen molar-refractivity contribution in [1.29, 1.82) is 0 Å². The van der Waals surface area contributed by atoms with Crippen molar-refractivity contribution in [2.75, 3.05) is 25.0 Å². The van der Waals surface area contributed by atoms with E-state index in [1.165, 1.54) is 37.0 Å². The Morgan fingerprint density at radius 3 is 2.20 bits per heavy atom. The molecule has 1 aliphatic rings. The SMILES string of the molecule is Cc1cccc(C)c1NC(=O)CNC(=O)[C@H](C)[NH+]1CCCCCCC1. The molecular weight excluding hydrogens is 314 g/mol. The Hall–Kier alpha value is -1.88. The molecule has 0 aliphatic carbocycles. The van der Waals surface area contributed by atoms with Gasteiger partial charge in [-0.2, -0.15) is 0 Å². The smallest absolute Gasteiger partial charge is 0.278 e. The van der Waals surface area contributed by atoms with E-state index in [1.54, 1.807) is 0 Å². The van der Waals surface area contributed by atoms with E-state index in [2.05, 4.69) is 10.6 Å². The molecular formula is C20H32N3O2+. The van der Waals surface area contributed by atoms with E-state index in [0.29, 0.717) is 0 Å². The standard InChI is InChI=1S/C20H31N3O2/c1-15-10-9-11-16(2)19(15)22-18(24)14-21-20(25)17(3)23-12-7-5-4-6-8-13-23/h9-11,17H,4-8,12-14H2,1-3H3,(H,21,25)(H,22,24)/p+1/t17-/m0/s1. The summed E-state index contributed by atoms with van der Waals surface area (Å²) in [5.74, 6) is -0.215. The Morgan fingerprint density at radius 2 is 1.60 bits per heavy atom. The van der Waals surface area contributed by atoms with E-state index < -0.39 is 0 Å². The number of benzene rings is 1. The Labute approximate surface area is 151 Å². The second-order valence-corrected chi connectivity index (χ2v) is 7.18. The summed E-state index contributed by atoms with van der Waals surface area (Å²) in [6.07, 6.45) is 6.19. The first-order chi connectivity index (χ1) is 12.0. The van der Waals surface area contributed by atoms with Gasteiger partial charge in [-0.25, -0.2) is 0 Å². The molecule has 1 aliphatic heterocycles. The quantitative estimate of drug-likeness (QED) is 0.758. The van der Waals surface area contributed by atoms with Crippen LogP contribution in [0.2, 0.25) is 0 Å². The molecule has 2 rings (SSSR count). The topological polar surface area (TPSA) is 62.6 Å². The Kier molecular flexibility index (Phi) is 7.44. The maximum absolute atomic E-state index is 12.4. The third-order valence-electron chi connectivity index (χ3n) is 5.17. The van der Waals surface area contributed by atoms with E-state index in [1.807, 2.05) is 39.0 Å². The van der Waals surface area contributed by atoms with E-state index >= 15 is 0 Å². The van der Waals surface area contributed by atoms with Crippen LogP contribution in [0.5, 0.6) is 0 Å². The summed E-state index contributed by atoms with van der Waals surface area (Å²) in [5.41, 5.74) is 2.89. The van der Waals surface area contributed by atoms with Gasteiger partial charge >= 0.3 is 0 Å². The summed E-state index contributed by atoms with van der Waals surface area (Å²) in [6, 6.07) is 5.80. The molecule has 0 spiro atoms. The molecule has 0 radical (unpaired) electrons. The van der Waals surface area contributed by atoms with Crippen LogP contribution >= 0.6 is 0 Å². The van der Waals surface area contributed by atoms with Crippen LogP contribution in [-0.2, 0) is 9.59 Å². The van der Waals surface area contributed by atoms with Gasteiger partial charge in [-0.3, -0.25) is 9.59 Å². The normalized spacial score (nSPS) is 17.2. The largest absolute Gasteiger partial charge is 0.342 e. The number of para-hydroxylation sites is 1. The summed E-state index contributed by atoms with van der Waals surface area (Å²) < 4.78 is 0. The van der Waals surface area contributed by atoms with Crippen molar-refractivity contribution in [1.82, 2.24) is 5.32 Å². The lowest BCUT2D eigenvalue weighted by Crippen LogP contribution is -3.16. The number of amides is 2.